The van der Waals surface area contributed by atoms with Crippen LogP contribution in [-0.4, -0.2) is 50.5 Å². The van der Waals surface area contributed by atoms with Crippen molar-refractivity contribution in [2.24, 2.45) is 0 Å². The maximum absolute atomic E-state index is 11.2. The molecule has 15 heavy (non-hydrogen) atoms. The summed E-state index contributed by atoms with van der Waals surface area (Å²) in [7, 11) is 1.64. The number of hydrogen-bond donors (Lipinski definition) is 3. The standard InChI is InChI=1S/C10H22N2O3/c1-9(13)4-6-11-8-10(14)12-5-3-7-15-2/h9,11,13H,3-8H2,1-2H3,(H,12,14). The number of rotatable bonds is 9. The summed E-state index contributed by atoms with van der Waals surface area (Å²) in [6.07, 6.45) is 1.18. The van der Waals surface area contributed by atoms with Crippen LogP contribution in [0.2, 0.25) is 0 Å². The van der Waals surface area contributed by atoms with Crippen LogP contribution in [0, 0.1) is 0 Å². The van der Waals surface area contributed by atoms with E-state index in [0.29, 0.717) is 32.7 Å². The fourth-order valence-corrected chi connectivity index (χ4v) is 1.02. The molecular weight excluding hydrogens is 196 g/mol. The highest BCUT2D eigenvalue weighted by atomic mass is 16.5. The van der Waals surface area contributed by atoms with Crippen LogP contribution < -0.4 is 10.6 Å². The number of carbonyl (C=O) groups is 1. The molecule has 0 spiro atoms. The fraction of sp³-hybridized carbons (Fsp3) is 0.900. The molecule has 0 aromatic rings. The lowest BCUT2D eigenvalue weighted by Crippen LogP contribution is -2.35. The second-order valence-electron chi connectivity index (χ2n) is 3.51. The first kappa shape index (κ1) is 14.3. The predicted molar refractivity (Wildman–Crippen MR) is 58.7 cm³/mol. The van der Waals surface area contributed by atoms with Crippen molar-refractivity contribution in [2.45, 2.75) is 25.9 Å². The minimum atomic E-state index is -0.317. The average Bonchev–Trinajstić information content (AvgIpc) is 2.19. The summed E-state index contributed by atoms with van der Waals surface area (Å²) in [5.74, 6) is -0.0169. The first-order chi connectivity index (χ1) is 7.16. The van der Waals surface area contributed by atoms with E-state index in [1.54, 1.807) is 14.0 Å². The van der Waals surface area contributed by atoms with Crippen LogP contribution >= 0.6 is 0 Å². The molecular formula is C10H22N2O3. The van der Waals surface area contributed by atoms with Crippen molar-refractivity contribution >= 4 is 5.91 Å². The van der Waals surface area contributed by atoms with E-state index in [2.05, 4.69) is 10.6 Å². The van der Waals surface area contributed by atoms with Gasteiger partial charge in [0.25, 0.3) is 0 Å². The number of hydrogen-bond acceptors (Lipinski definition) is 4. The highest BCUT2D eigenvalue weighted by Crippen LogP contribution is 1.85. The predicted octanol–water partition coefficient (Wildman–Crippen LogP) is -0.500. The van der Waals surface area contributed by atoms with Gasteiger partial charge in [-0.2, -0.15) is 0 Å². The minimum absolute atomic E-state index is 0.0169. The molecule has 0 aliphatic rings. The summed E-state index contributed by atoms with van der Waals surface area (Å²) >= 11 is 0. The summed E-state index contributed by atoms with van der Waals surface area (Å²) in [4.78, 5) is 11.2. The molecule has 5 heteroatoms. The third-order valence-electron chi connectivity index (χ3n) is 1.87. The van der Waals surface area contributed by atoms with Crippen LogP contribution in [0.4, 0.5) is 0 Å². The summed E-state index contributed by atoms with van der Waals surface area (Å²) in [6, 6.07) is 0. The normalized spacial score (nSPS) is 12.5. The van der Waals surface area contributed by atoms with E-state index in [-0.39, 0.29) is 12.0 Å². The quantitative estimate of drug-likeness (QED) is 0.456. The molecule has 1 amide bonds. The Morgan fingerprint density at radius 1 is 1.47 bits per heavy atom. The lowest BCUT2D eigenvalue weighted by atomic mass is 10.3. The van der Waals surface area contributed by atoms with E-state index >= 15 is 0 Å². The summed E-state index contributed by atoms with van der Waals surface area (Å²) in [5, 5.41) is 14.7. The van der Waals surface area contributed by atoms with Crippen LogP contribution in [0.1, 0.15) is 19.8 Å². The third kappa shape index (κ3) is 11.3. The maximum Gasteiger partial charge on any atom is 0.233 e. The van der Waals surface area contributed by atoms with E-state index in [0.717, 1.165) is 6.42 Å². The monoisotopic (exact) mass is 218 g/mol. The molecule has 0 heterocycles. The molecule has 0 rings (SSSR count). The highest BCUT2D eigenvalue weighted by Gasteiger charge is 2.00. The number of ether oxygens (including phenoxy) is 1. The van der Waals surface area contributed by atoms with Gasteiger partial charge in [0, 0.05) is 20.3 Å². The SMILES string of the molecule is COCCCNC(=O)CNCCC(C)O. The summed E-state index contributed by atoms with van der Waals surface area (Å²) < 4.78 is 4.85. The molecule has 3 N–H and O–H groups in total. The number of carbonyl (C=O) groups excluding carboxylic acids is 1. The molecule has 0 radical (unpaired) electrons. The van der Waals surface area contributed by atoms with Gasteiger partial charge in [0.15, 0.2) is 0 Å². The Morgan fingerprint density at radius 3 is 2.80 bits per heavy atom. The van der Waals surface area contributed by atoms with Crippen LogP contribution in [0.25, 0.3) is 0 Å². The molecule has 1 unspecified atom stereocenters. The first-order valence-electron chi connectivity index (χ1n) is 5.31. The Bertz CT molecular complexity index is 163. The van der Waals surface area contributed by atoms with Crippen LogP contribution in [0.5, 0.6) is 0 Å². The molecule has 0 saturated carbocycles. The molecule has 1 atom stereocenters. The molecule has 0 fully saturated rings. The van der Waals surface area contributed by atoms with E-state index in [1.165, 1.54) is 0 Å². The van der Waals surface area contributed by atoms with Gasteiger partial charge in [-0.25, -0.2) is 0 Å². The van der Waals surface area contributed by atoms with Gasteiger partial charge in [0.05, 0.1) is 12.6 Å². The summed E-state index contributed by atoms with van der Waals surface area (Å²) in [6.45, 7) is 4.00. The van der Waals surface area contributed by atoms with Crippen molar-refractivity contribution < 1.29 is 14.6 Å². The van der Waals surface area contributed by atoms with Gasteiger partial charge < -0.3 is 20.5 Å². The minimum Gasteiger partial charge on any atom is -0.393 e. The van der Waals surface area contributed by atoms with E-state index < -0.39 is 0 Å². The van der Waals surface area contributed by atoms with Crippen molar-refractivity contribution in [1.29, 1.82) is 0 Å². The first-order valence-corrected chi connectivity index (χ1v) is 5.31. The molecule has 90 valence electrons. The second-order valence-corrected chi connectivity index (χ2v) is 3.51. The average molecular weight is 218 g/mol. The van der Waals surface area contributed by atoms with Crippen molar-refractivity contribution in [1.82, 2.24) is 10.6 Å². The Hall–Kier alpha value is -0.650. The van der Waals surface area contributed by atoms with Crippen molar-refractivity contribution in [3.05, 3.63) is 0 Å². The Labute approximate surface area is 91.2 Å². The van der Waals surface area contributed by atoms with Gasteiger partial charge in [-0.05, 0) is 26.3 Å². The second kappa shape index (κ2) is 9.89. The van der Waals surface area contributed by atoms with Crippen LogP contribution in [-0.2, 0) is 9.53 Å². The Kier molecular flexibility index (Phi) is 9.46. The molecule has 0 aliphatic carbocycles. The van der Waals surface area contributed by atoms with Gasteiger partial charge in [0.1, 0.15) is 0 Å². The smallest absolute Gasteiger partial charge is 0.233 e. The lowest BCUT2D eigenvalue weighted by molar-refractivity contribution is -0.120. The van der Waals surface area contributed by atoms with E-state index in [9.17, 15) is 4.79 Å². The van der Waals surface area contributed by atoms with E-state index in [4.69, 9.17) is 9.84 Å². The number of aliphatic hydroxyl groups is 1. The van der Waals surface area contributed by atoms with Gasteiger partial charge in [0.2, 0.25) is 5.91 Å². The van der Waals surface area contributed by atoms with Crippen molar-refractivity contribution in [3.63, 3.8) is 0 Å². The topological polar surface area (TPSA) is 70.6 Å². The van der Waals surface area contributed by atoms with Crippen molar-refractivity contribution in [3.8, 4) is 0 Å². The zero-order valence-corrected chi connectivity index (χ0v) is 9.58. The molecule has 0 bridgehead atoms. The van der Waals surface area contributed by atoms with Crippen molar-refractivity contribution in [2.75, 3.05) is 33.4 Å². The molecule has 0 aromatic carbocycles. The maximum atomic E-state index is 11.2. The van der Waals surface area contributed by atoms with Gasteiger partial charge in [-0.15, -0.1) is 0 Å². The van der Waals surface area contributed by atoms with Gasteiger partial charge in [-0.1, -0.05) is 0 Å². The molecule has 0 saturated heterocycles. The third-order valence-corrected chi connectivity index (χ3v) is 1.87. The van der Waals surface area contributed by atoms with Gasteiger partial charge >= 0.3 is 0 Å². The number of nitrogens with one attached hydrogen (secondary N) is 2. The van der Waals surface area contributed by atoms with Gasteiger partial charge in [-0.3, -0.25) is 4.79 Å². The van der Waals surface area contributed by atoms with Crippen LogP contribution in [0.3, 0.4) is 0 Å². The van der Waals surface area contributed by atoms with Crippen LogP contribution in [0.15, 0.2) is 0 Å². The largest absolute Gasteiger partial charge is 0.393 e. The summed E-state index contributed by atoms with van der Waals surface area (Å²) in [5.41, 5.74) is 0. The highest BCUT2D eigenvalue weighted by molar-refractivity contribution is 5.77. The number of aliphatic hydroxyl groups excluding tert-OH is 1. The Balaban J connectivity index is 3.19. The molecule has 5 nitrogen and oxygen atoms in total. The molecule has 0 aliphatic heterocycles. The Morgan fingerprint density at radius 2 is 2.20 bits per heavy atom. The molecule has 0 aromatic heterocycles. The number of amides is 1. The zero-order valence-electron chi connectivity index (χ0n) is 9.58. The fourth-order valence-electron chi connectivity index (χ4n) is 1.02. The van der Waals surface area contributed by atoms with E-state index in [1.807, 2.05) is 0 Å². The zero-order chi connectivity index (χ0) is 11.5. The number of methoxy groups -OCH3 is 1. The lowest BCUT2D eigenvalue weighted by Gasteiger charge is -2.07.